The van der Waals surface area contributed by atoms with Crippen molar-refractivity contribution >= 4 is 27.3 Å². The van der Waals surface area contributed by atoms with Gasteiger partial charge in [-0.15, -0.1) is 0 Å². The van der Waals surface area contributed by atoms with Gasteiger partial charge in [0.25, 0.3) is 0 Å². The fraction of sp³-hybridized carbons (Fsp3) is 0.556. The van der Waals surface area contributed by atoms with Gasteiger partial charge in [-0.2, -0.15) is 9.97 Å². The number of aliphatic hydroxyl groups excluding tert-OH is 4. The van der Waals surface area contributed by atoms with Crippen LogP contribution in [0.1, 0.15) is 12.5 Å². The molecule has 0 aromatic carbocycles. The predicted molar refractivity (Wildman–Crippen MR) is 134 cm³/mol. The van der Waals surface area contributed by atoms with Crippen molar-refractivity contribution in [2.45, 2.75) is 49.1 Å². The lowest BCUT2D eigenvalue weighted by Gasteiger charge is -2.22. The number of nitrogen functional groups attached to an aromatic ring is 2. The lowest BCUT2D eigenvalue weighted by molar-refractivity contribution is -0.0548. The Morgan fingerprint density at radius 3 is 1.62 bits per heavy atom. The first-order valence-corrected chi connectivity index (χ1v) is 14.6. The Labute approximate surface area is 233 Å². The maximum Gasteiger partial charge on any atom is 0.470 e. The first-order valence-electron chi connectivity index (χ1n) is 11.5. The maximum atomic E-state index is 11.7. The molecule has 8 atom stereocenters. The van der Waals surface area contributed by atoms with E-state index < -0.39 is 89.3 Å². The minimum absolute atomic E-state index is 0.0366. The molecule has 0 spiro atoms. The first kappa shape index (κ1) is 33.8. The molecule has 24 heteroatoms. The highest BCUT2D eigenvalue weighted by Crippen LogP contribution is 2.45. The normalized spacial score (nSPS) is 29.7. The molecular weight excluding hydrogens is 618 g/mol. The molecule has 2 aromatic heterocycles. The summed E-state index contributed by atoms with van der Waals surface area (Å²) in [5, 5.41) is 38.1. The van der Waals surface area contributed by atoms with Crippen LogP contribution in [0.5, 0.6) is 0 Å². The number of ether oxygens (including phenoxy) is 2. The number of nitrogens with two attached hydrogens (primary N) is 2. The summed E-state index contributed by atoms with van der Waals surface area (Å²) in [5.74, 6) is -0.0913. The number of aliphatic hydroxyl groups is 4. The van der Waals surface area contributed by atoms with Crippen LogP contribution < -0.4 is 22.8 Å². The quantitative estimate of drug-likeness (QED) is 0.120. The number of hydrogen-bond donors (Lipinski definition) is 10. The molecule has 0 amide bonds. The summed E-state index contributed by atoms with van der Waals surface area (Å²) in [5.41, 5.74) is 8.98. The van der Waals surface area contributed by atoms with Crippen molar-refractivity contribution in [2.75, 3.05) is 24.7 Å². The van der Waals surface area contributed by atoms with E-state index in [-0.39, 0.29) is 11.6 Å². The van der Waals surface area contributed by atoms with Gasteiger partial charge in [0.05, 0.1) is 13.2 Å². The van der Waals surface area contributed by atoms with Gasteiger partial charge in [0.1, 0.15) is 48.3 Å². The van der Waals surface area contributed by atoms with E-state index in [0.29, 0.717) is 0 Å². The Morgan fingerprint density at radius 2 is 1.19 bits per heavy atom. The van der Waals surface area contributed by atoms with E-state index in [1.165, 1.54) is 24.5 Å². The second-order valence-electron chi connectivity index (χ2n) is 8.68. The smallest absolute Gasteiger partial charge is 0.394 e. The average molecular weight is 646 g/mol. The third-order valence-corrected chi connectivity index (χ3v) is 6.79. The van der Waals surface area contributed by atoms with E-state index in [2.05, 4.69) is 19.0 Å². The standard InChI is InChI=1S/2C9H14N3O8P/c10-5-1-2-12(9(15)11-5)8-6(14)7(4(3-13)19-8)20-21(16,17)18;10-5-1-2-12(9(15)11-5)8-7(20-21(16,17)18)6(14)4(3-13)19-8/h2*1-2,4,6-8,13-14H,3H2,(H2,10,11,15)(H2,16,17,18)/t2*4-,6-,7-,8-/m11/s1. The van der Waals surface area contributed by atoms with E-state index in [0.717, 1.165) is 9.13 Å². The molecule has 0 saturated carbocycles. The first-order chi connectivity index (χ1) is 19.5. The number of phosphoric acid groups is 2. The van der Waals surface area contributed by atoms with E-state index in [1.807, 2.05) is 0 Å². The molecule has 2 aliphatic heterocycles. The number of rotatable bonds is 8. The highest BCUT2D eigenvalue weighted by atomic mass is 31.2. The zero-order valence-electron chi connectivity index (χ0n) is 21.0. The van der Waals surface area contributed by atoms with Gasteiger partial charge in [0, 0.05) is 12.4 Å². The fourth-order valence-electron chi connectivity index (χ4n) is 3.99. The molecular formula is C18H28N6O16P2. The number of anilines is 2. The number of phosphoric ester groups is 2. The summed E-state index contributed by atoms with van der Waals surface area (Å²) in [6.45, 7) is -1.30. The highest BCUT2D eigenvalue weighted by Gasteiger charge is 2.49. The van der Waals surface area contributed by atoms with Crippen molar-refractivity contribution < 1.29 is 67.7 Å². The van der Waals surface area contributed by atoms with E-state index in [1.54, 1.807) is 0 Å². The van der Waals surface area contributed by atoms with Gasteiger partial charge in [-0.3, -0.25) is 18.2 Å². The highest BCUT2D eigenvalue weighted by molar-refractivity contribution is 7.46. The van der Waals surface area contributed by atoms with Crippen LogP contribution in [-0.2, 0) is 27.7 Å². The van der Waals surface area contributed by atoms with Crippen molar-refractivity contribution in [3.8, 4) is 0 Å². The minimum atomic E-state index is -4.95. The summed E-state index contributed by atoms with van der Waals surface area (Å²) in [7, 11) is -9.87. The van der Waals surface area contributed by atoms with E-state index in [9.17, 15) is 28.9 Å². The van der Waals surface area contributed by atoms with Crippen LogP contribution in [0.4, 0.5) is 11.6 Å². The van der Waals surface area contributed by atoms with Crippen molar-refractivity contribution in [2.24, 2.45) is 0 Å². The predicted octanol–water partition coefficient (Wildman–Crippen LogP) is -4.89. The number of hydrogen-bond acceptors (Lipinski definition) is 16. The molecule has 4 rings (SSSR count). The third-order valence-electron chi connectivity index (χ3n) is 5.75. The monoisotopic (exact) mass is 646 g/mol. The lowest BCUT2D eigenvalue weighted by atomic mass is 10.1. The largest absolute Gasteiger partial charge is 0.470 e. The maximum absolute atomic E-state index is 11.7. The number of nitrogens with zero attached hydrogens (tertiary/aromatic N) is 4. The van der Waals surface area contributed by atoms with Crippen LogP contribution in [0.3, 0.4) is 0 Å². The van der Waals surface area contributed by atoms with Gasteiger partial charge >= 0.3 is 27.0 Å². The van der Waals surface area contributed by atoms with Crippen LogP contribution in [0.25, 0.3) is 0 Å². The molecule has 0 radical (unpaired) electrons. The van der Waals surface area contributed by atoms with Gasteiger partial charge in [-0.1, -0.05) is 0 Å². The molecule has 0 unspecified atom stereocenters. The average Bonchev–Trinajstić information content (AvgIpc) is 3.33. The summed E-state index contributed by atoms with van der Waals surface area (Å²) in [4.78, 5) is 65.6. The van der Waals surface area contributed by atoms with Crippen LogP contribution in [0, 0.1) is 0 Å². The van der Waals surface area contributed by atoms with Crippen LogP contribution >= 0.6 is 15.6 Å². The Morgan fingerprint density at radius 1 is 0.762 bits per heavy atom. The van der Waals surface area contributed by atoms with E-state index >= 15 is 0 Å². The van der Waals surface area contributed by atoms with Crippen molar-refractivity contribution in [1.29, 1.82) is 0 Å². The van der Waals surface area contributed by atoms with Crippen LogP contribution in [-0.4, -0.2) is 109 Å². The van der Waals surface area contributed by atoms with Gasteiger partial charge < -0.3 is 60.9 Å². The Hall–Kier alpha value is -2.66. The molecule has 2 saturated heterocycles. The molecule has 4 heterocycles. The zero-order chi connectivity index (χ0) is 31.6. The summed E-state index contributed by atoms with van der Waals surface area (Å²) < 4.78 is 42.8. The second-order valence-corrected chi connectivity index (χ2v) is 11.1. The summed E-state index contributed by atoms with van der Waals surface area (Å²) in [6.07, 6.45) is -8.92. The fourth-order valence-corrected chi connectivity index (χ4v) is 5.11. The summed E-state index contributed by atoms with van der Waals surface area (Å²) >= 11 is 0. The van der Waals surface area contributed by atoms with Gasteiger partial charge in [-0.25, -0.2) is 18.7 Å². The molecule has 0 aliphatic carbocycles. The Kier molecular flexibility index (Phi) is 10.7. The van der Waals surface area contributed by atoms with Crippen LogP contribution in [0.15, 0.2) is 34.1 Å². The lowest BCUT2D eigenvalue weighted by Crippen LogP contribution is -2.37. The Balaban J connectivity index is 0.000000230. The van der Waals surface area contributed by atoms with Gasteiger partial charge in [-0.05, 0) is 12.1 Å². The van der Waals surface area contributed by atoms with Crippen molar-refractivity contribution in [3.05, 3.63) is 45.5 Å². The van der Waals surface area contributed by atoms with Crippen molar-refractivity contribution in [3.63, 3.8) is 0 Å². The number of aromatic nitrogens is 4. The molecule has 236 valence electrons. The SMILES string of the molecule is Nc1ccn([C@@H]2O[C@H](CO)[C@@H](O)[C@H]2OP(=O)(O)O)c(=O)n1.Nc1ccn([C@@H]2O[C@H](CO)[C@@H](OP(=O)(O)O)[C@H]2O)c(=O)n1. The third kappa shape index (κ3) is 8.24. The zero-order valence-corrected chi connectivity index (χ0v) is 22.8. The summed E-state index contributed by atoms with van der Waals surface area (Å²) in [6, 6.07) is 2.54. The van der Waals surface area contributed by atoms with Crippen molar-refractivity contribution in [1.82, 2.24) is 19.1 Å². The molecule has 22 nitrogen and oxygen atoms in total. The molecule has 12 N–H and O–H groups in total. The van der Waals surface area contributed by atoms with Crippen LogP contribution in [0.2, 0.25) is 0 Å². The second kappa shape index (κ2) is 13.3. The molecule has 2 fully saturated rings. The topological polar surface area (TPSA) is 355 Å². The van der Waals surface area contributed by atoms with E-state index in [4.69, 9.17) is 50.7 Å². The molecule has 2 aromatic rings. The Bertz CT molecular complexity index is 1450. The van der Waals surface area contributed by atoms with Gasteiger partial charge in [0.15, 0.2) is 12.5 Å². The molecule has 2 aliphatic rings. The molecule has 42 heavy (non-hydrogen) atoms. The van der Waals surface area contributed by atoms with Gasteiger partial charge in [0.2, 0.25) is 0 Å². The molecule has 0 bridgehead atoms. The minimum Gasteiger partial charge on any atom is -0.394 e.